The third-order valence-corrected chi connectivity index (χ3v) is 9.19. The van der Waals surface area contributed by atoms with E-state index in [9.17, 15) is 4.79 Å². The molecule has 0 heterocycles. The number of halogens is 1. The van der Waals surface area contributed by atoms with E-state index in [1.807, 2.05) is 20.8 Å². The van der Waals surface area contributed by atoms with Crippen LogP contribution in [0.2, 0.25) is 18.1 Å². The minimum atomic E-state index is -1.71. The standard InChI is InChI=1S/C14H29ClO3SSi/c1-13(2,3)18-12(16)11(15)19-10-9-17-20(7,8)14(4,5)6/h11H,9-10H2,1-8H3. The summed E-state index contributed by atoms with van der Waals surface area (Å²) in [5.74, 6) is 0.316. The second kappa shape index (κ2) is 7.52. The van der Waals surface area contributed by atoms with Crippen molar-refractivity contribution in [2.24, 2.45) is 0 Å². The predicted octanol–water partition coefficient (Wildman–Crippen LogP) is 4.65. The SMILES string of the molecule is CC(C)(C)OC(=O)C(Cl)SCCO[Si](C)(C)C(C)(C)C. The second-order valence-corrected chi connectivity index (χ2v) is 14.0. The molecule has 0 aliphatic carbocycles. The fourth-order valence-electron chi connectivity index (χ4n) is 1.08. The molecule has 120 valence electrons. The Morgan fingerprint density at radius 2 is 1.70 bits per heavy atom. The largest absolute Gasteiger partial charge is 0.458 e. The third-order valence-electron chi connectivity index (χ3n) is 3.21. The molecule has 0 radical (unpaired) electrons. The van der Waals surface area contributed by atoms with Crippen LogP contribution in [0.1, 0.15) is 41.5 Å². The molecule has 0 aromatic rings. The Hall–Kier alpha value is 0.287. The maximum atomic E-state index is 11.7. The van der Waals surface area contributed by atoms with Crippen molar-refractivity contribution in [3.63, 3.8) is 0 Å². The van der Waals surface area contributed by atoms with Crippen LogP contribution in [0, 0.1) is 0 Å². The molecule has 0 rings (SSSR count). The number of carbonyl (C=O) groups is 1. The molecule has 0 aromatic heterocycles. The van der Waals surface area contributed by atoms with Crippen LogP contribution >= 0.6 is 23.4 Å². The van der Waals surface area contributed by atoms with Crippen LogP contribution in [0.3, 0.4) is 0 Å². The highest BCUT2D eigenvalue weighted by Gasteiger charge is 2.37. The van der Waals surface area contributed by atoms with Crippen LogP contribution in [0.4, 0.5) is 0 Å². The zero-order valence-corrected chi connectivity index (χ0v) is 16.6. The average molecular weight is 341 g/mol. The summed E-state index contributed by atoms with van der Waals surface area (Å²) in [7, 11) is -1.71. The molecule has 0 bridgehead atoms. The first-order valence-electron chi connectivity index (χ1n) is 6.89. The molecule has 1 unspecified atom stereocenters. The molecule has 0 amide bonds. The number of thioether (sulfide) groups is 1. The topological polar surface area (TPSA) is 35.5 Å². The van der Waals surface area contributed by atoms with Gasteiger partial charge in [0.1, 0.15) is 5.60 Å². The highest BCUT2D eigenvalue weighted by molar-refractivity contribution is 8.01. The van der Waals surface area contributed by atoms with Gasteiger partial charge in [-0.05, 0) is 38.9 Å². The van der Waals surface area contributed by atoms with Crippen molar-refractivity contribution in [1.82, 2.24) is 0 Å². The van der Waals surface area contributed by atoms with Crippen LogP contribution in [0.15, 0.2) is 0 Å². The average Bonchev–Trinajstić information content (AvgIpc) is 2.19. The normalized spacial score (nSPS) is 15.1. The van der Waals surface area contributed by atoms with Gasteiger partial charge >= 0.3 is 5.97 Å². The number of ether oxygens (including phenoxy) is 1. The number of carbonyl (C=O) groups excluding carboxylic acids is 1. The van der Waals surface area contributed by atoms with Gasteiger partial charge in [-0.1, -0.05) is 32.4 Å². The van der Waals surface area contributed by atoms with E-state index in [1.165, 1.54) is 11.8 Å². The van der Waals surface area contributed by atoms with E-state index < -0.39 is 18.6 Å². The van der Waals surface area contributed by atoms with Gasteiger partial charge in [-0.15, -0.1) is 11.8 Å². The maximum absolute atomic E-state index is 11.7. The lowest BCUT2D eigenvalue weighted by Gasteiger charge is -2.36. The van der Waals surface area contributed by atoms with Crippen molar-refractivity contribution in [3.8, 4) is 0 Å². The van der Waals surface area contributed by atoms with Gasteiger partial charge in [0.15, 0.2) is 13.0 Å². The predicted molar refractivity (Wildman–Crippen MR) is 91.1 cm³/mol. The Morgan fingerprint density at radius 1 is 1.20 bits per heavy atom. The van der Waals surface area contributed by atoms with Gasteiger partial charge in [0, 0.05) is 12.4 Å². The van der Waals surface area contributed by atoms with Gasteiger partial charge < -0.3 is 9.16 Å². The molecule has 0 aliphatic heterocycles. The lowest BCUT2D eigenvalue weighted by molar-refractivity contribution is -0.152. The summed E-state index contributed by atoms with van der Waals surface area (Å²) < 4.78 is 10.6. The molecule has 1 atom stereocenters. The van der Waals surface area contributed by atoms with Gasteiger partial charge in [-0.3, -0.25) is 0 Å². The fourth-order valence-corrected chi connectivity index (χ4v) is 3.16. The highest BCUT2D eigenvalue weighted by atomic mass is 35.5. The molecule has 0 spiro atoms. The number of hydrogen-bond acceptors (Lipinski definition) is 4. The van der Waals surface area contributed by atoms with E-state index in [1.54, 1.807) is 0 Å². The Labute approximate surface area is 134 Å². The van der Waals surface area contributed by atoms with Crippen LogP contribution in [0.5, 0.6) is 0 Å². The van der Waals surface area contributed by atoms with E-state index in [4.69, 9.17) is 20.8 Å². The molecule has 0 saturated carbocycles. The van der Waals surface area contributed by atoms with E-state index in [0.29, 0.717) is 12.4 Å². The van der Waals surface area contributed by atoms with Gasteiger partial charge in [-0.2, -0.15) is 0 Å². The lowest BCUT2D eigenvalue weighted by atomic mass is 10.2. The molecule has 20 heavy (non-hydrogen) atoms. The quantitative estimate of drug-likeness (QED) is 0.305. The smallest absolute Gasteiger partial charge is 0.334 e. The first-order chi connectivity index (χ1) is 8.76. The second-order valence-electron chi connectivity index (χ2n) is 7.33. The summed E-state index contributed by atoms with van der Waals surface area (Å²) in [6.07, 6.45) is 0. The fraction of sp³-hybridized carbons (Fsp3) is 0.929. The van der Waals surface area contributed by atoms with Crippen molar-refractivity contribution in [2.75, 3.05) is 12.4 Å². The van der Waals surface area contributed by atoms with Crippen LogP contribution in [-0.2, 0) is 14.0 Å². The summed E-state index contributed by atoms with van der Waals surface area (Å²) in [4.78, 5) is 11.7. The van der Waals surface area contributed by atoms with Gasteiger partial charge in [0.05, 0.1) is 0 Å². The summed E-state index contributed by atoms with van der Waals surface area (Å²) in [5.41, 5.74) is -0.498. The zero-order valence-electron chi connectivity index (χ0n) is 14.0. The third kappa shape index (κ3) is 7.91. The summed E-state index contributed by atoms with van der Waals surface area (Å²) >= 11 is 7.39. The van der Waals surface area contributed by atoms with E-state index in [0.717, 1.165) is 0 Å². The molecular weight excluding hydrogens is 312 g/mol. The molecule has 3 nitrogen and oxygen atoms in total. The van der Waals surface area contributed by atoms with Crippen LogP contribution in [-0.4, -0.2) is 37.0 Å². The molecule has 0 aromatic carbocycles. The zero-order chi connectivity index (χ0) is 16.2. The van der Waals surface area contributed by atoms with E-state index in [2.05, 4.69) is 33.9 Å². The van der Waals surface area contributed by atoms with Crippen molar-refractivity contribution in [2.45, 2.75) is 70.0 Å². The lowest BCUT2D eigenvalue weighted by Crippen LogP contribution is -2.41. The molecule has 0 N–H and O–H groups in total. The van der Waals surface area contributed by atoms with Crippen LogP contribution in [0.25, 0.3) is 0 Å². The molecule has 0 aliphatic rings. The maximum Gasteiger partial charge on any atom is 0.334 e. The monoisotopic (exact) mass is 340 g/mol. The van der Waals surface area contributed by atoms with E-state index >= 15 is 0 Å². The number of hydrogen-bond donors (Lipinski definition) is 0. The van der Waals surface area contributed by atoms with Crippen LogP contribution < -0.4 is 0 Å². The minimum absolute atomic E-state index is 0.198. The Morgan fingerprint density at radius 3 is 2.10 bits per heavy atom. The summed E-state index contributed by atoms with van der Waals surface area (Å²) in [6, 6.07) is 0. The highest BCUT2D eigenvalue weighted by Crippen LogP contribution is 2.36. The van der Waals surface area contributed by atoms with Gasteiger partial charge in [-0.25, -0.2) is 4.79 Å². The number of esters is 1. The Kier molecular flexibility index (Phi) is 7.63. The Bertz CT molecular complexity index is 321. The summed E-state index contributed by atoms with van der Waals surface area (Å²) in [5, 5.41) is 0.198. The van der Waals surface area contributed by atoms with Crippen molar-refractivity contribution < 1.29 is 14.0 Å². The molecule has 0 fully saturated rings. The van der Waals surface area contributed by atoms with Crippen molar-refractivity contribution >= 4 is 37.6 Å². The molecule has 6 heteroatoms. The van der Waals surface area contributed by atoms with Crippen molar-refractivity contribution in [1.29, 1.82) is 0 Å². The number of alkyl halides is 1. The minimum Gasteiger partial charge on any atom is -0.458 e. The van der Waals surface area contributed by atoms with E-state index in [-0.39, 0.29) is 11.0 Å². The first-order valence-corrected chi connectivity index (χ1v) is 11.3. The van der Waals surface area contributed by atoms with Gasteiger partial charge in [0.2, 0.25) is 0 Å². The van der Waals surface area contributed by atoms with Crippen molar-refractivity contribution in [3.05, 3.63) is 0 Å². The molecule has 0 saturated heterocycles. The first kappa shape index (κ1) is 20.3. The molecular formula is C14H29ClO3SSi. The number of rotatable bonds is 6. The Balaban J connectivity index is 4.05. The summed E-state index contributed by atoms with van der Waals surface area (Å²) in [6.45, 7) is 17.2. The van der Waals surface area contributed by atoms with Gasteiger partial charge in [0.25, 0.3) is 0 Å².